The maximum Gasteiger partial charge on any atom is 0.320 e. The van der Waals surface area contributed by atoms with E-state index >= 15 is 0 Å². The molecule has 23 heavy (non-hydrogen) atoms. The van der Waals surface area contributed by atoms with Gasteiger partial charge in [0.1, 0.15) is 11.9 Å². The lowest BCUT2D eigenvalue weighted by atomic mass is 9.98. The molecule has 8 heteroatoms. The molecule has 1 fully saturated rings. The Labute approximate surface area is 134 Å². The number of anilines is 1. The molecular weight excluding hydrogens is 296 g/mol. The van der Waals surface area contributed by atoms with E-state index in [0.29, 0.717) is 12.4 Å². The van der Waals surface area contributed by atoms with Crippen LogP contribution in [0.3, 0.4) is 0 Å². The highest BCUT2D eigenvalue weighted by molar-refractivity contribution is 5.88. The lowest BCUT2D eigenvalue weighted by molar-refractivity contribution is -0.00702. The zero-order valence-electron chi connectivity index (χ0n) is 13.4. The smallest absolute Gasteiger partial charge is 0.320 e. The Morgan fingerprint density at radius 1 is 1.48 bits per heavy atom. The first-order valence-electron chi connectivity index (χ1n) is 7.87. The lowest BCUT2D eigenvalue weighted by Gasteiger charge is -2.31. The fourth-order valence-corrected chi connectivity index (χ4v) is 2.77. The van der Waals surface area contributed by atoms with Crippen LogP contribution in [0.4, 0.5) is 10.6 Å². The van der Waals surface area contributed by atoms with E-state index < -0.39 is 0 Å². The van der Waals surface area contributed by atoms with Crippen molar-refractivity contribution in [2.75, 3.05) is 11.9 Å². The largest absolute Gasteiger partial charge is 0.371 e. The van der Waals surface area contributed by atoms with Gasteiger partial charge in [0.25, 0.3) is 0 Å². The second-order valence-electron chi connectivity index (χ2n) is 5.61. The van der Waals surface area contributed by atoms with Gasteiger partial charge in [0.05, 0.1) is 18.4 Å². The summed E-state index contributed by atoms with van der Waals surface area (Å²) in [6.07, 6.45) is 7.06. The summed E-state index contributed by atoms with van der Waals surface area (Å²) in [6.45, 7) is 3.55. The second kappa shape index (κ2) is 6.82. The van der Waals surface area contributed by atoms with E-state index in [4.69, 9.17) is 4.74 Å². The molecule has 2 aromatic rings. The summed E-state index contributed by atoms with van der Waals surface area (Å²) >= 11 is 0. The van der Waals surface area contributed by atoms with Gasteiger partial charge in [-0.2, -0.15) is 10.2 Å². The Balaban J connectivity index is 1.66. The van der Waals surface area contributed by atoms with Gasteiger partial charge >= 0.3 is 6.03 Å². The first-order chi connectivity index (χ1) is 11.2. The minimum atomic E-state index is -0.253. The van der Waals surface area contributed by atoms with Crippen LogP contribution in [0.2, 0.25) is 0 Å². The fourth-order valence-electron chi connectivity index (χ4n) is 2.77. The minimum Gasteiger partial charge on any atom is -0.371 e. The highest BCUT2D eigenvalue weighted by Gasteiger charge is 2.30. The number of hydrogen-bond acceptors (Lipinski definition) is 4. The summed E-state index contributed by atoms with van der Waals surface area (Å²) in [5.41, 5.74) is 0.998. The van der Waals surface area contributed by atoms with Crippen LogP contribution in [0.1, 0.15) is 31.4 Å². The third-order valence-electron chi connectivity index (χ3n) is 4.01. The van der Waals surface area contributed by atoms with Gasteiger partial charge < -0.3 is 10.1 Å². The molecule has 8 nitrogen and oxygen atoms in total. The van der Waals surface area contributed by atoms with Crippen molar-refractivity contribution in [2.24, 2.45) is 7.05 Å². The molecule has 1 saturated heterocycles. The second-order valence-corrected chi connectivity index (χ2v) is 5.61. The van der Waals surface area contributed by atoms with Gasteiger partial charge in [-0.05, 0) is 19.8 Å². The standard InChI is InChI=1S/C15H22N6O2/c1-3-21-10-11(9-17-21)14-12(5-4-8-23-14)18-15(22)19-13-6-7-16-20(13)2/h6-7,9-10,12,14H,3-5,8H2,1-2H3,(H2,18,19,22)/t12-,14+/m0/s1. The van der Waals surface area contributed by atoms with E-state index in [-0.39, 0.29) is 18.2 Å². The number of nitrogens with one attached hydrogen (secondary N) is 2. The van der Waals surface area contributed by atoms with Crippen molar-refractivity contribution in [1.82, 2.24) is 24.9 Å². The summed E-state index contributed by atoms with van der Waals surface area (Å²) in [6, 6.07) is 1.42. The number of aryl methyl sites for hydroxylation is 2. The number of urea groups is 1. The molecule has 0 aliphatic carbocycles. The van der Waals surface area contributed by atoms with Gasteiger partial charge in [-0.15, -0.1) is 0 Å². The molecule has 0 radical (unpaired) electrons. The predicted octanol–water partition coefficient (Wildman–Crippen LogP) is 1.68. The normalized spacial score (nSPS) is 21.1. The van der Waals surface area contributed by atoms with Gasteiger partial charge in [-0.25, -0.2) is 4.79 Å². The molecule has 3 heterocycles. The highest BCUT2D eigenvalue weighted by Crippen LogP contribution is 2.28. The van der Waals surface area contributed by atoms with Gasteiger partial charge in [0, 0.05) is 38.0 Å². The quantitative estimate of drug-likeness (QED) is 0.898. The maximum atomic E-state index is 12.2. The molecule has 0 unspecified atom stereocenters. The number of ether oxygens (including phenoxy) is 1. The molecule has 1 aliphatic rings. The number of carbonyl (C=O) groups excluding carboxylic acids is 1. The molecule has 2 N–H and O–H groups in total. The minimum absolute atomic E-state index is 0.0773. The van der Waals surface area contributed by atoms with E-state index in [9.17, 15) is 4.79 Å². The van der Waals surface area contributed by atoms with Crippen LogP contribution in [-0.2, 0) is 18.3 Å². The molecule has 2 atom stereocenters. The SMILES string of the molecule is CCn1cc([C@H]2OCCC[C@@H]2NC(=O)Nc2ccnn2C)cn1. The Hall–Kier alpha value is -2.35. The predicted molar refractivity (Wildman–Crippen MR) is 85.0 cm³/mol. The molecule has 3 rings (SSSR count). The summed E-state index contributed by atoms with van der Waals surface area (Å²) in [4.78, 5) is 12.2. The maximum absolute atomic E-state index is 12.2. The first-order valence-corrected chi connectivity index (χ1v) is 7.87. The Bertz CT molecular complexity index is 664. The fraction of sp³-hybridized carbons (Fsp3) is 0.533. The average Bonchev–Trinajstić information content (AvgIpc) is 3.17. The summed E-state index contributed by atoms with van der Waals surface area (Å²) in [7, 11) is 1.78. The van der Waals surface area contributed by atoms with Crippen LogP contribution in [-0.4, -0.2) is 38.2 Å². The number of hydrogen-bond donors (Lipinski definition) is 2. The molecule has 0 bridgehead atoms. The summed E-state index contributed by atoms with van der Waals surface area (Å²) < 4.78 is 9.35. The number of aromatic nitrogens is 4. The Morgan fingerprint density at radius 3 is 3.04 bits per heavy atom. The third-order valence-corrected chi connectivity index (χ3v) is 4.01. The first kappa shape index (κ1) is 15.5. The molecule has 2 amide bonds. The monoisotopic (exact) mass is 318 g/mol. The number of carbonyl (C=O) groups is 1. The lowest BCUT2D eigenvalue weighted by Crippen LogP contribution is -2.44. The average molecular weight is 318 g/mol. The van der Waals surface area contributed by atoms with E-state index in [2.05, 4.69) is 20.8 Å². The molecule has 1 aliphatic heterocycles. The van der Waals surface area contributed by atoms with Crippen molar-refractivity contribution in [3.63, 3.8) is 0 Å². The zero-order chi connectivity index (χ0) is 16.2. The van der Waals surface area contributed by atoms with Crippen molar-refractivity contribution in [2.45, 2.75) is 38.5 Å². The van der Waals surface area contributed by atoms with E-state index in [1.165, 1.54) is 0 Å². The summed E-state index contributed by atoms with van der Waals surface area (Å²) in [5, 5.41) is 14.1. The topological polar surface area (TPSA) is 86.0 Å². The van der Waals surface area contributed by atoms with Crippen molar-refractivity contribution in [1.29, 1.82) is 0 Å². The van der Waals surface area contributed by atoms with Crippen LogP contribution in [0, 0.1) is 0 Å². The van der Waals surface area contributed by atoms with Crippen LogP contribution in [0.25, 0.3) is 0 Å². The van der Waals surface area contributed by atoms with Crippen molar-refractivity contribution >= 4 is 11.8 Å². The number of amides is 2. The van der Waals surface area contributed by atoms with Gasteiger partial charge in [-0.3, -0.25) is 14.7 Å². The van der Waals surface area contributed by atoms with Crippen molar-refractivity contribution in [3.8, 4) is 0 Å². The summed E-state index contributed by atoms with van der Waals surface area (Å²) in [5.74, 6) is 0.648. The highest BCUT2D eigenvalue weighted by atomic mass is 16.5. The van der Waals surface area contributed by atoms with Gasteiger partial charge in [0.2, 0.25) is 0 Å². The van der Waals surface area contributed by atoms with Crippen LogP contribution in [0.15, 0.2) is 24.7 Å². The molecule has 0 aromatic carbocycles. The molecule has 0 spiro atoms. The molecular formula is C15H22N6O2. The van der Waals surface area contributed by atoms with Gasteiger partial charge in [0.15, 0.2) is 0 Å². The van der Waals surface area contributed by atoms with Crippen molar-refractivity contribution in [3.05, 3.63) is 30.2 Å². The Morgan fingerprint density at radius 2 is 2.35 bits per heavy atom. The number of rotatable bonds is 4. The Kier molecular flexibility index (Phi) is 4.61. The van der Waals surface area contributed by atoms with Gasteiger partial charge in [-0.1, -0.05) is 0 Å². The zero-order valence-corrected chi connectivity index (χ0v) is 13.4. The molecule has 124 valence electrons. The van der Waals surface area contributed by atoms with E-state index in [1.54, 1.807) is 24.0 Å². The van der Waals surface area contributed by atoms with E-state index in [0.717, 1.165) is 24.9 Å². The van der Waals surface area contributed by atoms with Crippen LogP contribution < -0.4 is 10.6 Å². The van der Waals surface area contributed by atoms with Crippen LogP contribution in [0.5, 0.6) is 0 Å². The molecule has 0 saturated carbocycles. The number of nitrogens with zero attached hydrogens (tertiary/aromatic N) is 4. The molecule has 2 aromatic heterocycles. The van der Waals surface area contributed by atoms with Crippen molar-refractivity contribution < 1.29 is 9.53 Å². The van der Waals surface area contributed by atoms with E-state index in [1.807, 2.05) is 24.0 Å². The van der Waals surface area contributed by atoms with Crippen LogP contribution >= 0.6 is 0 Å². The third kappa shape index (κ3) is 3.53.